The molecule has 2 N–H and O–H groups in total. The van der Waals surface area contributed by atoms with Crippen LogP contribution in [0.3, 0.4) is 0 Å². The van der Waals surface area contributed by atoms with Crippen LogP contribution in [0.2, 0.25) is 0 Å². The van der Waals surface area contributed by atoms with Crippen LogP contribution in [0.15, 0.2) is 18.2 Å². The number of hydrogen-bond acceptors (Lipinski definition) is 6. The first-order valence-electron chi connectivity index (χ1n) is 6.81. The van der Waals surface area contributed by atoms with Crippen molar-refractivity contribution in [1.82, 2.24) is 5.32 Å². The maximum absolute atomic E-state index is 12.5. The predicted octanol–water partition coefficient (Wildman–Crippen LogP) is 1.42. The van der Waals surface area contributed by atoms with Gasteiger partial charge in [-0.2, -0.15) is 8.78 Å². The van der Waals surface area contributed by atoms with E-state index in [0.29, 0.717) is 19.7 Å². The third-order valence-electron chi connectivity index (χ3n) is 3.10. The number of anilines is 1. The number of halogens is 3. The first kappa shape index (κ1) is 20.1. The van der Waals surface area contributed by atoms with Crippen LogP contribution >= 0.6 is 12.4 Å². The van der Waals surface area contributed by atoms with Gasteiger partial charge in [0.15, 0.2) is 0 Å². The van der Waals surface area contributed by atoms with Crippen molar-refractivity contribution in [3.8, 4) is 5.75 Å². The fraction of sp³-hybridized carbons (Fsp3) is 0.429. The van der Waals surface area contributed by atoms with Gasteiger partial charge in [-0.25, -0.2) is 4.79 Å². The lowest BCUT2D eigenvalue weighted by atomic mass is 10.1. The summed E-state index contributed by atoms with van der Waals surface area (Å²) in [4.78, 5) is 23.5. The third kappa shape index (κ3) is 5.29. The Bertz CT molecular complexity index is 582. The summed E-state index contributed by atoms with van der Waals surface area (Å²) in [6, 6.07) is 3.70. The number of ether oxygens (including phenoxy) is 3. The van der Waals surface area contributed by atoms with E-state index in [1.54, 1.807) is 0 Å². The normalized spacial score (nSPS) is 16.9. The van der Waals surface area contributed by atoms with Crippen molar-refractivity contribution in [3.05, 3.63) is 23.8 Å². The van der Waals surface area contributed by atoms with E-state index in [2.05, 4.69) is 20.1 Å². The van der Waals surface area contributed by atoms with E-state index in [1.807, 2.05) is 0 Å². The van der Waals surface area contributed by atoms with Crippen LogP contribution in [0.5, 0.6) is 5.75 Å². The zero-order valence-electron chi connectivity index (χ0n) is 12.7. The van der Waals surface area contributed by atoms with Gasteiger partial charge in [0, 0.05) is 13.1 Å². The molecule has 0 aromatic heterocycles. The molecule has 10 heteroatoms. The second-order valence-electron chi connectivity index (χ2n) is 4.63. The average Bonchev–Trinajstić information content (AvgIpc) is 2.56. The topological polar surface area (TPSA) is 85.9 Å². The number of rotatable bonds is 5. The molecule has 0 spiro atoms. The first-order valence-corrected chi connectivity index (χ1v) is 6.81. The van der Waals surface area contributed by atoms with Crippen molar-refractivity contribution in [1.29, 1.82) is 0 Å². The van der Waals surface area contributed by atoms with Crippen LogP contribution in [0.25, 0.3) is 0 Å². The van der Waals surface area contributed by atoms with E-state index >= 15 is 0 Å². The van der Waals surface area contributed by atoms with Gasteiger partial charge in [-0.1, -0.05) is 0 Å². The van der Waals surface area contributed by atoms with Gasteiger partial charge in [-0.3, -0.25) is 4.79 Å². The van der Waals surface area contributed by atoms with Gasteiger partial charge in [0.1, 0.15) is 11.9 Å². The number of morpholine rings is 1. The second-order valence-corrected chi connectivity index (χ2v) is 4.63. The molecule has 1 heterocycles. The Morgan fingerprint density at radius 3 is 2.75 bits per heavy atom. The third-order valence-corrected chi connectivity index (χ3v) is 3.10. The van der Waals surface area contributed by atoms with Gasteiger partial charge < -0.3 is 24.8 Å². The molecule has 1 fully saturated rings. The number of benzene rings is 1. The van der Waals surface area contributed by atoms with Gasteiger partial charge in [0.25, 0.3) is 5.91 Å². The van der Waals surface area contributed by atoms with Gasteiger partial charge in [-0.15, -0.1) is 12.4 Å². The molecule has 1 aromatic carbocycles. The zero-order chi connectivity index (χ0) is 16.8. The minimum Gasteiger partial charge on any atom is -0.465 e. The Balaban J connectivity index is 0.00000288. The molecular formula is C14H17ClF2N2O5. The van der Waals surface area contributed by atoms with Crippen molar-refractivity contribution < 1.29 is 32.6 Å². The number of amides is 1. The van der Waals surface area contributed by atoms with Gasteiger partial charge in [0.05, 0.1) is 25.0 Å². The predicted molar refractivity (Wildman–Crippen MR) is 82.9 cm³/mol. The van der Waals surface area contributed by atoms with Crippen LogP contribution in [0.4, 0.5) is 14.5 Å². The molecule has 1 amide bonds. The van der Waals surface area contributed by atoms with Gasteiger partial charge in [-0.05, 0) is 18.2 Å². The van der Waals surface area contributed by atoms with Crippen molar-refractivity contribution in [2.45, 2.75) is 12.7 Å². The lowest BCUT2D eigenvalue weighted by Crippen LogP contribution is -2.45. The highest BCUT2D eigenvalue weighted by molar-refractivity contribution is 5.97. The Morgan fingerprint density at radius 1 is 1.42 bits per heavy atom. The molecular weight excluding hydrogens is 350 g/mol. The summed E-state index contributed by atoms with van der Waals surface area (Å²) in [7, 11) is 1.17. The van der Waals surface area contributed by atoms with Crippen molar-refractivity contribution in [3.63, 3.8) is 0 Å². The number of carbonyl (C=O) groups is 2. The molecule has 1 aliphatic heterocycles. The van der Waals surface area contributed by atoms with E-state index in [4.69, 9.17) is 4.74 Å². The average molecular weight is 367 g/mol. The van der Waals surface area contributed by atoms with E-state index in [-0.39, 0.29) is 29.4 Å². The first-order chi connectivity index (χ1) is 11.0. The summed E-state index contributed by atoms with van der Waals surface area (Å²) in [6.07, 6.45) is -0.733. The van der Waals surface area contributed by atoms with Crippen LogP contribution in [0, 0.1) is 0 Å². The summed E-state index contributed by atoms with van der Waals surface area (Å²) in [6.45, 7) is -1.78. The SMILES string of the molecule is COC(=O)c1ccc(NC(=O)C2CNCCO2)c(OC(F)F)c1.Cl. The van der Waals surface area contributed by atoms with Gasteiger partial charge in [0.2, 0.25) is 0 Å². The Kier molecular flexibility index (Phi) is 7.83. The summed E-state index contributed by atoms with van der Waals surface area (Å²) in [5.41, 5.74) is 0.0360. The summed E-state index contributed by atoms with van der Waals surface area (Å²) in [5.74, 6) is -1.54. The largest absolute Gasteiger partial charge is 0.465 e. The molecule has 0 saturated carbocycles. The molecule has 2 rings (SSSR count). The molecule has 7 nitrogen and oxygen atoms in total. The molecule has 1 aliphatic rings. The highest BCUT2D eigenvalue weighted by atomic mass is 35.5. The highest BCUT2D eigenvalue weighted by Crippen LogP contribution is 2.28. The zero-order valence-corrected chi connectivity index (χ0v) is 13.5. The fourth-order valence-corrected chi connectivity index (χ4v) is 2.01. The summed E-state index contributed by atoms with van der Waals surface area (Å²) in [5, 5.41) is 5.44. The summed E-state index contributed by atoms with van der Waals surface area (Å²) >= 11 is 0. The Labute approximate surface area is 143 Å². The van der Waals surface area contributed by atoms with Crippen molar-refractivity contribution in [2.75, 3.05) is 32.1 Å². The monoisotopic (exact) mass is 366 g/mol. The maximum Gasteiger partial charge on any atom is 0.387 e. The van der Waals surface area contributed by atoms with Crippen LogP contribution in [-0.2, 0) is 14.3 Å². The van der Waals surface area contributed by atoms with Crippen molar-refractivity contribution in [2.24, 2.45) is 0 Å². The molecule has 1 unspecified atom stereocenters. The minimum atomic E-state index is -3.11. The van der Waals surface area contributed by atoms with E-state index in [9.17, 15) is 18.4 Å². The van der Waals surface area contributed by atoms with Crippen LogP contribution < -0.4 is 15.4 Å². The number of carbonyl (C=O) groups excluding carboxylic acids is 2. The number of nitrogens with one attached hydrogen (secondary N) is 2. The fourth-order valence-electron chi connectivity index (χ4n) is 2.01. The molecule has 134 valence electrons. The molecule has 1 aromatic rings. The standard InChI is InChI=1S/C14H16F2N2O5.ClH/c1-21-13(20)8-2-3-9(10(6-8)23-14(15)16)18-12(19)11-7-17-4-5-22-11;/h2-3,6,11,14,17H,4-5,7H2,1H3,(H,18,19);1H. The Morgan fingerprint density at radius 2 is 2.17 bits per heavy atom. The van der Waals surface area contributed by atoms with Gasteiger partial charge >= 0.3 is 12.6 Å². The number of esters is 1. The number of alkyl halides is 2. The lowest BCUT2D eigenvalue weighted by molar-refractivity contribution is -0.128. The molecule has 1 atom stereocenters. The van der Waals surface area contributed by atoms with E-state index in [0.717, 1.165) is 6.07 Å². The van der Waals surface area contributed by atoms with Crippen LogP contribution in [0.1, 0.15) is 10.4 Å². The Hall–Kier alpha value is -1.97. The smallest absolute Gasteiger partial charge is 0.387 e. The maximum atomic E-state index is 12.5. The van der Waals surface area contributed by atoms with E-state index < -0.39 is 24.6 Å². The minimum absolute atomic E-state index is 0. The molecule has 24 heavy (non-hydrogen) atoms. The summed E-state index contributed by atoms with van der Waals surface area (Å²) < 4.78 is 39.2. The number of methoxy groups -OCH3 is 1. The molecule has 0 bridgehead atoms. The highest BCUT2D eigenvalue weighted by Gasteiger charge is 2.23. The number of hydrogen-bond donors (Lipinski definition) is 2. The van der Waals surface area contributed by atoms with E-state index in [1.165, 1.54) is 19.2 Å². The molecule has 0 radical (unpaired) electrons. The van der Waals surface area contributed by atoms with Crippen LogP contribution in [-0.4, -0.2) is 51.4 Å². The molecule has 1 saturated heterocycles. The molecule has 0 aliphatic carbocycles. The second kappa shape index (κ2) is 9.36. The van der Waals surface area contributed by atoms with Crippen molar-refractivity contribution >= 4 is 30.0 Å². The lowest BCUT2D eigenvalue weighted by Gasteiger charge is -2.23. The quantitative estimate of drug-likeness (QED) is 0.767.